The van der Waals surface area contributed by atoms with E-state index in [1.165, 1.54) is 21.9 Å². The van der Waals surface area contributed by atoms with Crippen molar-refractivity contribution in [3.05, 3.63) is 108 Å². The number of nitrogens with zero attached hydrogens (tertiary/aromatic N) is 2. The number of carboxylic acid groups (broad SMARTS) is 1. The van der Waals surface area contributed by atoms with E-state index < -0.39 is 5.97 Å². The minimum absolute atomic E-state index is 0.240. The number of benzene rings is 3. The van der Waals surface area contributed by atoms with Crippen molar-refractivity contribution >= 4 is 22.6 Å². The van der Waals surface area contributed by atoms with Gasteiger partial charge in [0.25, 0.3) is 0 Å². The number of hydrogen-bond donors (Lipinski definition) is 2. The first kappa shape index (κ1) is 23.1. The second-order valence-electron chi connectivity index (χ2n) is 9.42. The van der Waals surface area contributed by atoms with Gasteiger partial charge in [-0.25, -0.2) is 9.78 Å². The van der Waals surface area contributed by atoms with E-state index in [0.29, 0.717) is 11.8 Å². The number of hydrogen-bond acceptors (Lipinski definition) is 4. The molecule has 2 heterocycles. The van der Waals surface area contributed by atoms with Crippen LogP contribution < -0.4 is 10.2 Å². The molecule has 5 heteroatoms. The molecule has 0 amide bonds. The Morgan fingerprint density at radius 1 is 1.06 bits per heavy atom. The number of nitrogens with one attached hydrogen (secondary N) is 1. The Bertz CT molecular complexity index is 1300. The van der Waals surface area contributed by atoms with E-state index in [9.17, 15) is 9.90 Å². The summed E-state index contributed by atoms with van der Waals surface area (Å²) in [6, 6.07) is 29.2. The van der Waals surface area contributed by atoms with Gasteiger partial charge < -0.3 is 15.3 Å². The molecule has 3 atom stereocenters. The third-order valence-electron chi connectivity index (χ3n) is 7.28. The van der Waals surface area contributed by atoms with Gasteiger partial charge in [0, 0.05) is 31.2 Å². The number of aromatic nitrogens is 1. The Morgan fingerprint density at radius 3 is 2.66 bits per heavy atom. The zero-order chi connectivity index (χ0) is 24.2. The number of piperidine rings is 1. The highest BCUT2D eigenvalue weighted by Crippen LogP contribution is 2.35. The maximum Gasteiger partial charge on any atom is 0.335 e. The van der Waals surface area contributed by atoms with Crippen molar-refractivity contribution in [2.75, 3.05) is 24.5 Å². The Hall–Kier alpha value is -3.70. The number of carboxylic acids is 1. The predicted molar refractivity (Wildman–Crippen MR) is 141 cm³/mol. The number of anilines is 1. The largest absolute Gasteiger partial charge is 0.478 e. The molecule has 1 saturated heterocycles. The molecule has 0 bridgehead atoms. The Balaban J connectivity index is 1.35. The number of rotatable bonds is 7. The van der Waals surface area contributed by atoms with Crippen molar-refractivity contribution in [1.82, 2.24) is 10.3 Å². The van der Waals surface area contributed by atoms with Crippen molar-refractivity contribution in [3.8, 4) is 0 Å². The van der Waals surface area contributed by atoms with Gasteiger partial charge in [-0.05, 0) is 59.8 Å². The summed E-state index contributed by atoms with van der Waals surface area (Å²) in [6.07, 6.45) is 2.60. The first-order valence-corrected chi connectivity index (χ1v) is 12.3. The van der Waals surface area contributed by atoms with Crippen LogP contribution in [0.25, 0.3) is 10.8 Å². The fourth-order valence-electron chi connectivity index (χ4n) is 5.32. The lowest BCUT2D eigenvalue weighted by atomic mass is 9.80. The molecule has 1 aromatic heterocycles. The highest BCUT2D eigenvalue weighted by molar-refractivity contribution is 5.88. The molecular formula is C30H31N3O2. The highest BCUT2D eigenvalue weighted by Gasteiger charge is 2.31. The second kappa shape index (κ2) is 10.3. The van der Waals surface area contributed by atoms with E-state index in [1.54, 1.807) is 18.3 Å². The van der Waals surface area contributed by atoms with E-state index in [1.807, 2.05) is 0 Å². The summed E-state index contributed by atoms with van der Waals surface area (Å²) < 4.78 is 0. The third kappa shape index (κ3) is 5.05. The quantitative estimate of drug-likeness (QED) is 0.356. The maximum absolute atomic E-state index is 11.5. The summed E-state index contributed by atoms with van der Waals surface area (Å²) in [7, 11) is 0. The van der Waals surface area contributed by atoms with Gasteiger partial charge in [0.2, 0.25) is 0 Å². The lowest BCUT2D eigenvalue weighted by molar-refractivity contribution is 0.0696. The van der Waals surface area contributed by atoms with Crippen molar-refractivity contribution in [1.29, 1.82) is 0 Å². The van der Waals surface area contributed by atoms with Crippen LogP contribution in [0.2, 0.25) is 0 Å². The highest BCUT2D eigenvalue weighted by atomic mass is 16.4. The summed E-state index contributed by atoms with van der Waals surface area (Å²) in [6.45, 7) is 4.83. The van der Waals surface area contributed by atoms with E-state index in [-0.39, 0.29) is 11.6 Å². The molecule has 1 aliphatic heterocycles. The average Bonchev–Trinajstić information content (AvgIpc) is 2.92. The topological polar surface area (TPSA) is 65.5 Å². The minimum Gasteiger partial charge on any atom is -0.478 e. The summed E-state index contributed by atoms with van der Waals surface area (Å²) in [4.78, 5) is 18.2. The molecule has 0 saturated carbocycles. The zero-order valence-electron chi connectivity index (χ0n) is 20.0. The monoisotopic (exact) mass is 465 g/mol. The average molecular weight is 466 g/mol. The molecule has 5 rings (SSSR count). The SMILES string of the molecule is C[C@@H](NCC1CCN(c2cc(C(=O)O)ccn2)CC1c1ccccc1)c1cccc2ccccc12. The number of aromatic carboxylic acids is 1. The standard InChI is InChI=1S/C30H31N3O2/c1-21(26-13-7-11-22-10-5-6-12-27(22)26)32-19-25-15-17-33(20-28(25)23-8-3-2-4-9-23)29-18-24(30(34)35)14-16-31-29/h2-14,16,18,21,25,28,32H,15,17,19-20H2,1H3,(H,34,35)/t21-,25?,28?/m1/s1. The molecule has 5 nitrogen and oxygen atoms in total. The lowest BCUT2D eigenvalue weighted by Gasteiger charge is -2.40. The summed E-state index contributed by atoms with van der Waals surface area (Å²) in [5, 5.41) is 15.8. The van der Waals surface area contributed by atoms with Crippen LogP contribution in [0.15, 0.2) is 91.1 Å². The van der Waals surface area contributed by atoms with Gasteiger partial charge in [-0.2, -0.15) is 0 Å². The van der Waals surface area contributed by atoms with Crippen LogP contribution in [-0.2, 0) is 0 Å². The van der Waals surface area contributed by atoms with Crippen molar-refractivity contribution in [2.24, 2.45) is 5.92 Å². The van der Waals surface area contributed by atoms with Crippen molar-refractivity contribution < 1.29 is 9.90 Å². The van der Waals surface area contributed by atoms with E-state index in [0.717, 1.165) is 31.9 Å². The molecule has 1 fully saturated rings. The number of fused-ring (bicyclic) bond motifs is 1. The van der Waals surface area contributed by atoms with Crippen LogP contribution >= 0.6 is 0 Å². The number of pyridine rings is 1. The van der Waals surface area contributed by atoms with E-state index >= 15 is 0 Å². The molecule has 1 aliphatic rings. The van der Waals surface area contributed by atoms with Crippen LogP contribution in [0.4, 0.5) is 5.82 Å². The molecule has 178 valence electrons. The van der Waals surface area contributed by atoms with Crippen LogP contribution in [0, 0.1) is 5.92 Å². The van der Waals surface area contributed by atoms with Gasteiger partial charge in [-0.15, -0.1) is 0 Å². The van der Waals surface area contributed by atoms with Gasteiger partial charge in [-0.1, -0.05) is 72.8 Å². The zero-order valence-corrected chi connectivity index (χ0v) is 20.0. The summed E-state index contributed by atoms with van der Waals surface area (Å²) in [5.41, 5.74) is 2.92. The van der Waals surface area contributed by atoms with Gasteiger partial charge in [0.15, 0.2) is 0 Å². The second-order valence-corrected chi connectivity index (χ2v) is 9.42. The maximum atomic E-state index is 11.5. The van der Waals surface area contributed by atoms with Crippen LogP contribution in [-0.4, -0.2) is 35.7 Å². The minimum atomic E-state index is -0.922. The van der Waals surface area contributed by atoms with E-state index in [2.05, 4.69) is 94.9 Å². The van der Waals surface area contributed by atoms with Crippen molar-refractivity contribution in [2.45, 2.75) is 25.3 Å². The smallest absolute Gasteiger partial charge is 0.335 e. The van der Waals surface area contributed by atoms with Crippen LogP contribution in [0.5, 0.6) is 0 Å². The van der Waals surface area contributed by atoms with Crippen LogP contribution in [0.3, 0.4) is 0 Å². The molecule has 2 N–H and O–H groups in total. The third-order valence-corrected chi connectivity index (χ3v) is 7.28. The molecule has 35 heavy (non-hydrogen) atoms. The summed E-state index contributed by atoms with van der Waals surface area (Å²) in [5.74, 6) is 0.609. The molecule has 3 aromatic carbocycles. The number of carbonyl (C=O) groups is 1. The molecular weight excluding hydrogens is 434 g/mol. The first-order chi connectivity index (χ1) is 17.1. The normalized spacial score (nSPS) is 18.9. The molecule has 4 aromatic rings. The predicted octanol–water partition coefficient (Wildman–Crippen LogP) is 5.89. The molecule has 2 unspecified atom stereocenters. The van der Waals surface area contributed by atoms with Crippen LogP contribution in [0.1, 0.15) is 46.8 Å². The fourth-order valence-corrected chi connectivity index (χ4v) is 5.32. The lowest BCUT2D eigenvalue weighted by Crippen LogP contribution is -2.43. The Kier molecular flexibility index (Phi) is 6.77. The molecule has 0 spiro atoms. The fraction of sp³-hybridized carbons (Fsp3) is 0.267. The molecule has 0 aliphatic carbocycles. The van der Waals surface area contributed by atoms with Crippen molar-refractivity contribution in [3.63, 3.8) is 0 Å². The van der Waals surface area contributed by atoms with Gasteiger partial charge in [0.1, 0.15) is 5.82 Å². The summed E-state index contributed by atoms with van der Waals surface area (Å²) >= 11 is 0. The van der Waals surface area contributed by atoms with Gasteiger partial charge in [-0.3, -0.25) is 0 Å². The molecule has 0 radical (unpaired) electrons. The van der Waals surface area contributed by atoms with E-state index in [4.69, 9.17) is 0 Å². The first-order valence-electron chi connectivity index (χ1n) is 12.3. The van der Waals surface area contributed by atoms with Gasteiger partial charge >= 0.3 is 5.97 Å². The Morgan fingerprint density at radius 2 is 1.83 bits per heavy atom. The Labute approximate surface area is 206 Å². The van der Waals surface area contributed by atoms with Gasteiger partial charge in [0.05, 0.1) is 5.56 Å².